The monoisotopic (exact) mass is 398 g/mol. The second kappa shape index (κ2) is 6.68. The zero-order valence-electron chi connectivity index (χ0n) is 18.6. The first kappa shape index (κ1) is 19.8. The third kappa shape index (κ3) is 2.81. The van der Waals surface area contributed by atoms with Crippen LogP contribution >= 0.6 is 0 Å². The average molecular weight is 399 g/mol. The molecule has 4 saturated carbocycles. The first-order valence-electron chi connectivity index (χ1n) is 11.8. The van der Waals surface area contributed by atoms with Crippen molar-refractivity contribution in [1.82, 2.24) is 9.78 Å². The van der Waals surface area contributed by atoms with Gasteiger partial charge in [-0.2, -0.15) is 5.10 Å². The molecule has 29 heavy (non-hydrogen) atoms. The fourth-order valence-corrected chi connectivity index (χ4v) is 8.09. The molecule has 0 spiro atoms. The van der Waals surface area contributed by atoms with Crippen LogP contribution in [0.2, 0.25) is 0 Å². The summed E-state index contributed by atoms with van der Waals surface area (Å²) in [5.74, 6) is 2.76. The fraction of sp³-hybridized carbons (Fsp3) is 0.800. The summed E-state index contributed by atoms with van der Waals surface area (Å²) < 4.78 is 1.91. The number of aliphatic hydroxyl groups excluding tert-OH is 2. The molecule has 5 rings (SSSR count). The molecule has 1 heterocycles. The van der Waals surface area contributed by atoms with Crippen molar-refractivity contribution in [3.8, 4) is 0 Å². The van der Waals surface area contributed by atoms with Crippen LogP contribution in [0.4, 0.5) is 0 Å². The highest BCUT2D eigenvalue weighted by molar-refractivity contribution is 5.57. The highest BCUT2D eigenvalue weighted by atomic mass is 16.3. The first-order chi connectivity index (χ1) is 13.7. The molecular formula is C25H38N2O2. The van der Waals surface area contributed by atoms with Gasteiger partial charge in [-0.1, -0.05) is 13.8 Å². The van der Waals surface area contributed by atoms with E-state index in [1.807, 2.05) is 17.9 Å². The Bertz CT molecular complexity index is 829. The van der Waals surface area contributed by atoms with Crippen LogP contribution in [0.1, 0.15) is 76.5 Å². The van der Waals surface area contributed by atoms with E-state index >= 15 is 0 Å². The topological polar surface area (TPSA) is 58.3 Å². The van der Waals surface area contributed by atoms with Crippen molar-refractivity contribution >= 4 is 6.08 Å². The predicted molar refractivity (Wildman–Crippen MR) is 115 cm³/mol. The minimum atomic E-state index is -0.327. The van der Waals surface area contributed by atoms with Gasteiger partial charge >= 0.3 is 0 Å². The van der Waals surface area contributed by atoms with E-state index in [1.165, 1.54) is 31.3 Å². The Labute approximate surface area is 175 Å². The molecule has 4 aliphatic carbocycles. The molecule has 4 heteroatoms. The molecule has 1 aromatic heterocycles. The van der Waals surface area contributed by atoms with E-state index in [9.17, 15) is 10.2 Å². The Hall–Kier alpha value is -1.13. The molecule has 0 aromatic carbocycles. The van der Waals surface area contributed by atoms with E-state index in [-0.39, 0.29) is 17.6 Å². The summed E-state index contributed by atoms with van der Waals surface area (Å²) in [5, 5.41) is 26.0. The Morgan fingerprint density at radius 2 is 1.83 bits per heavy atom. The number of hydrogen-bond acceptors (Lipinski definition) is 3. The van der Waals surface area contributed by atoms with Crippen LogP contribution in [0.3, 0.4) is 0 Å². The van der Waals surface area contributed by atoms with Crippen molar-refractivity contribution in [2.45, 2.75) is 84.3 Å². The summed E-state index contributed by atoms with van der Waals surface area (Å²) in [4.78, 5) is 0. The van der Waals surface area contributed by atoms with Gasteiger partial charge in [0.15, 0.2) is 0 Å². The minimum Gasteiger partial charge on any atom is -0.393 e. The number of rotatable bonds is 1. The summed E-state index contributed by atoms with van der Waals surface area (Å²) in [6.45, 7) is 6.99. The van der Waals surface area contributed by atoms with E-state index in [4.69, 9.17) is 0 Å². The second-order valence-electron chi connectivity index (χ2n) is 11.3. The van der Waals surface area contributed by atoms with E-state index in [1.54, 1.807) is 0 Å². The molecule has 4 nitrogen and oxygen atoms in total. The number of hydrogen-bond donors (Lipinski definition) is 2. The molecule has 1 aromatic rings. The SMILES string of the molecule is Cc1c(/C=C2/C[C@@H]3[C@H]4CC[C@H]5C[C@@H](O)CC[C@]5(C)[C@@H]4CC[C@@]3(C)[C@@H]2O)cnn1C. The van der Waals surface area contributed by atoms with E-state index in [0.29, 0.717) is 17.3 Å². The smallest absolute Gasteiger partial charge is 0.0809 e. The fourth-order valence-electron chi connectivity index (χ4n) is 8.09. The number of aryl methyl sites for hydroxylation is 1. The van der Waals surface area contributed by atoms with Gasteiger partial charge in [-0.15, -0.1) is 0 Å². The summed E-state index contributed by atoms with van der Waals surface area (Å²) in [7, 11) is 1.98. The van der Waals surface area contributed by atoms with Crippen molar-refractivity contribution in [2.75, 3.05) is 0 Å². The lowest BCUT2D eigenvalue weighted by molar-refractivity contribution is -0.133. The van der Waals surface area contributed by atoms with Crippen LogP contribution in [-0.4, -0.2) is 32.2 Å². The van der Waals surface area contributed by atoms with Crippen molar-refractivity contribution in [1.29, 1.82) is 0 Å². The summed E-state index contributed by atoms with van der Waals surface area (Å²) >= 11 is 0. The Kier molecular flexibility index (Phi) is 4.57. The Morgan fingerprint density at radius 1 is 1.07 bits per heavy atom. The molecule has 0 bridgehead atoms. The van der Waals surface area contributed by atoms with Gasteiger partial charge in [0.1, 0.15) is 0 Å². The molecular weight excluding hydrogens is 360 g/mol. The molecule has 0 radical (unpaired) electrons. The van der Waals surface area contributed by atoms with Crippen molar-refractivity contribution < 1.29 is 10.2 Å². The lowest BCUT2D eigenvalue weighted by Crippen LogP contribution is -2.54. The average Bonchev–Trinajstić information content (AvgIpc) is 3.14. The van der Waals surface area contributed by atoms with Crippen LogP contribution in [0.25, 0.3) is 6.08 Å². The van der Waals surface area contributed by atoms with Gasteiger partial charge in [0.2, 0.25) is 0 Å². The molecule has 2 N–H and O–H groups in total. The van der Waals surface area contributed by atoms with Gasteiger partial charge in [0, 0.05) is 23.7 Å². The minimum absolute atomic E-state index is 0.0144. The Balaban J connectivity index is 1.45. The van der Waals surface area contributed by atoms with Crippen LogP contribution in [0.5, 0.6) is 0 Å². The van der Waals surface area contributed by atoms with E-state index in [0.717, 1.165) is 48.8 Å². The number of aromatic nitrogens is 2. The van der Waals surface area contributed by atoms with Crippen LogP contribution in [0.15, 0.2) is 11.8 Å². The summed E-state index contributed by atoms with van der Waals surface area (Å²) in [6.07, 6.45) is 12.9. The quantitative estimate of drug-likeness (QED) is 0.733. The van der Waals surface area contributed by atoms with Gasteiger partial charge in [0.25, 0.3) is 0 Å². The lowest BCUT2D eigenvalue weighted by Gasteiger charge is -2.60. The maximum absolute atomic E-state index is 11.4. The maximum Gasteiger partial charge on any atom is 0.0809 e. The van der Waals surface area contributed by atoms with E-state index < -0.39 is 0 Å². The van der Waals surface area contributed by atoms with Gasteiger partial charge in [-0.25, -0.2) is 0 Å². The van der Waals surface area contributed by atoms with Crippen molar-refractivity contribution in [2.24, 2.45) is 41.5 Å². The summed E-state index contributed by atoms with van der Waals surface area (Å²) in [5.41, 5.74) is 3.94. The molecule has 0 aliphatic heterocycles. The summed E-state index contributed by atoms with van der Waals surface area (Å²) in [6, 6.07) is 0. The molecule has 160 valence electrons. The zero-order chi connectivity index (χ0) is 20.6. The third-order valence-corrected chi connectivity index (χ3v) is 10.1. The normalized spacial score (nSPS) is 48.3. The van der Waals surface area contributed by atoms with Crippen LogP contribution in [0, 0.1) is 41.4 Å². The van der Waals surface area contributed by atoms with Gasteiger partial charge in [-0.05, 0) is 99.0 Å². The second-order valence-corrected chi connectivity index (χ2v) is 11.3. The van der Waals surface area contributed by atoms with Gasteiger partial charge in [-0.3, -0.25) is 4.68 Å². The lowest BCUT2D eigenvalue weighted by atomic mass is 9.45. The molecule has 8 atom stereocenters. The third-order valence-electron chi connectivity index (χ3n) is 10.1. The zero-order valence-corrected chi connectivity index (χ0v) is 18.6. The molecule has 0 amide bonds. The van der Waals surface area contributed by atoms with Crippen LogP contribution < -0.4 is 0 Å². The Morgan fingerprint density at radius 3 is 2.55 bits per heavy atom. The van der Waals surface area contributed by atoms with Crippen molar-refractivity contribution in [3.63, 3.8) is 0 Å². The maximum atomic E-state index is 11.4. The predicted octanol–water partition coefficient (Wildman–Crippen LogP) is 4.49. The highest BCUT2D eigenvalue weighted by Crippen LogP contribution is 2.67. The van der Waals surface area contributed by atoms with Gasteiger partial charge in [0.05, 0.1) is 18.4 Å². The largest absolute Gasteiger partial charge is 0.393 e. The standard InChI is InChI=1S/C25H38N2O2/c1-15-17(14-26-27(15)4)11-16-12-22-20-6-5-18-13-19(28)7-9-24(18,2)21(20)8-10-25(22,3)23(16)29/h11,14,18-23,28-29H,5-10,12-13H2,1-4H3/b16-11-/t18-,19-,20-,21+,22+,23+,24-,25+/m0/s1. The number of fused-ring (bicyclic) bond motifs is 5. The van der Waals surface area contributed by atoms with Crippen LogP contribution in [-0.2, 0) is 7.05 Å². The van der Waals surface area contributed by atoms with Gasteiger partial charge < -0.3 is 10.2 Å². The number of nitrogens with zero attached hydrogens (tertiary/aromatic N) is 2. The molecule has 0 unspecified atom stereocenters. The first-order valence-corrected chi connectivity index (χ1v) is 11.8. The number of aliphatic hydroxyl groups is 2. The molecule has 0 saturated heterocycles. The molecule has 4 aliphatic rings. The van der Waals surface area contributed by atoms with Crippen molar-refractivity contribution in [3.05, 3.63) is 23.0 Å². The highest BCUT2D eigenvalue weighted by Gasteiger charge is 2.61. The molecule has 4 fully saturated rings. The van der Waals surface area contributed by atoms with E-state index in [2.05, 4.69) is 31.9 Å².